The van der Waals surface area contributed by atoms with Crippen molar-refractivity contribution in [2.75, 3.05) is 11.9 Å². The fraction of sp³-hybridized carbons (Fsp3) is 0.304. The minimum atomic E-state index is -0.710. The minimum absolute atomic E-state index is 0.0485. The SMILES string of the molecule is O=C(COC(=O)c1cnc2ccccc2n1)Nc1ccc2c(c1)OC1(CCCCC1)O2. The lowest BCUT2D eigenvalue weighted by Crippen LogP contribution is -2.40. The van der Waals surface area contributed by atoms with Crippen LogP contribution in [0.25, 0.3) is 11.0 Å². The predicted molar refractivity (Wildman–Crippen MR) is 112 cm³/mol. The number of nitrogens with one attached hydrogen (secondary N) is 1. The molecule has 0 radical (unpaired) electrons. The second kappa shape index (κ2) is 7.86. The Balaban J connectivity index is 1.18. The van der Waals surface area contributed by atoms with Crippen molar-refractivity contribution in [1.29, 1.82) is 0 Å². The van der Waals surface area contributed by atoms with Gasteiger partial charge in [-0.25, -0.2) is 9.78 Å². The van der Waals surface area contributed by atoms with Crippen LogP contribution in [0.5, 0.6) is 11.5 Å². The lowest BCUT2D eigenvalue weighted by Gasteiger charge is -2.31. The summed E-state index contributed by atoms with van der Waals surface area (Å²) in [5.41, 5.74) is 1.85. The molecule has 0 saturated heterocycles. The molecule has 1 fully saturated rings. The van der Waals surface area contributed by atoms with Gasteiger partial charge in [0, 0.05) is 24.6 Å². The number of carbonyl (C=O) groups excluding carboxylic acids is 2. The number of benzene rings is 2. The summed E-state index contributed by atoms with van der Waals surface area (Å²) < 4.78 is 17.2. The number of hydrogen-bond donors (Lipinski definition) is 1. The highest BCUT2D eigenvalue weighted by Gasteiger charge is 2.42. The topological polar surface area (TPSA) is 99.6 Å². The van der Waals surface area contributed by atoms with Gasteiger partial charge in [-0.2, -0.15) is 0 Å². The van der Waals surface area contributed by atoms with Gasteiger partial charge < -0.3 is 19.5 Å². The van der Waals surface area contributed by atoms with Crippen molar-refractivity contribution in [3.8, 4) is 11.5 Å². The van der Waals surface area contributed by atoms with E-state index in [9.17, 15) is 9.59 Å². The average Bonchev–Trinajstić information content (AvgIpc) is 3.14. The Bertz CT molecular complexity index is 1160. The molecular weight excluding hydrogens is 398 g/mol. The summed E-state index contributed by atoms with van der Waals surface area (Å²) in [4.78, 5) is 32.9. The van der Waals surface area contributed by atoms with E-state index in [0.717, 1.165) is 25.7 Å². The van der Waals surface area contributed by atoms with E-state index in [1.54, 1.807) is 36.4 Å². The Morgan fingerprint density at radius 1 is 1.00 bits per heavy atom. The first kappa shape index (κ1) is 19.3. The number of nitrogens with zero attached hydrogens (tertiary/aromatic N) is 2. The van der Waals surface area contributed by atoms with Gasteiger partial charge in [0.1, 0.15) is 0 Å². The number of ether oxygens (including phenoxy) is 3. The molecule has 1 spiro atoms. The van der Waals surface area contributed by atoms with Gasteiger partial charge in [-0.3, -0.25) is 9.78 Å². The molecule has 0 atom stereocenters. The molecule has 158 valence electrons. The number of aromatic nitrogens is 2. The average molecular weight is 419 g/mol. The van der Waals surface area contributed by atoms with Gasteiger partial charge >= 0.3 is 5.97 Å². The van der Waals surface area contributed by atoms with Gasteiger partial charge in [0.05, 0.1) is 17.2 Å². The van der Waals surface area contributed by atoms with Crippen LogP contribution < -0.4 is 14.8 Å². The highest BCUT2D eigenvalue weighted by atomic mass is 16.7. The van der Waals surface area contributed by atoms with Gasteiger partial charge in [-0.05, 0) is 37.1 Å². The lowest BCUT2D eigenvalue weighted by atomic mass is 9.94. The molecular formula is C23H21N3O5. The van der Waals surface area contributed by atoms with Crippen LogP contribution in [-0.2, 0) is 9.53 Å². The van der Waals surface area contributed by atoms with Crippen LogP contribution in [0.3, 0.4) is 0 Å². The summed E-state index contributed by atoms with van der Waals surface area (Å²) in [6, 6.07) is 12.4. The largest absolute Gasteiger partial charge is 0.451 e. The quantitative estimate of drug-likeness (QED) is 0.641. The molecule has 8 heteroatoms. The number of anilines is 1. The number of esters is 1. The lowest BCUT2D eigenvalue weighted by molar-refractivity contribution is -0.119. The number of hydrogen-bond acceptors (Lipinski definition) is 7. The van der Waals surface area contributed by atoms with E-state index in [1.807, 2.05) is 6.07 Å². The molecule has 2 aliphatic rings. The fourth-order valence-electron chi connectivity index (χ4n) is 3.92. The summed E-state index contributed by atoms with van der Waals surface area (Å²) in [5.74, 6) is -0.448. The predicted octanol–water partition coefficient (Wildman–Crippen LogP) is 3.86. The van der Waals surface area contributed by atoms with Gasteiger partial charge in [0.15, 0.2) is 23.8 Å². The van der Waals surface area contributed by atoms with Crippen LogP contribution in [0.1, 0.15) is 42.6 Å². The molecule has 3 aromatic rings. The second-order valence-electron chi connectivity index (χ2n) is 7.71. The minimum Gasteiger partial charge on any atom is -0.451 e. The molecule has 8 nitrogen and oxygen atoms in total. The Hall–Kier alpha value is -3.68. The summed E-state index contributed by atoms with van der Waals surface area (Å²) in [5, 5.41) is 2.71. The van der Waals surface area contributed by atoms with E-state index in [1.165, 1.54) is 12.6 Å². The molecule has 0 bridgehead atoms. The molecule has 2 aromatic carbocycles. The zero-order valence-corrected chi connectivity index (χ0v) is 16.8. The molecule has 1 aromatic heterocycles. The van der Waals surface area contributed by atoms with Crippen molar-refractivity contribution < 1.29 is 23.8 Å². The first-order valence-corrected chi connectivity index (χ1v) is 10.3. The maximum absolute atomic E-state index is 12.3. The van der Waals surface area contributed by atoms with E-state index in [2.05, 4.69) is 15.3 Å². The zero-order valence-electron chi connectivity index (χ0n) is 16.8. The van der Waals surface area contributed by atoms with Gasteiger partial charge in [0.2, 0.25) is 0 Å². The molecule has 0 unspecified atom stereocenters. The fourth-order valence-corrected chi connectivity index (χ4v) is 3.92. The van der Waals surface area contributed by atoms with E-state index in [4.69, 9.17) is 14.2 Å². The standard InChI is InChI=1S/C23H21N3O5/c27-21(14-29-22(28)18-13-24-16-6-2-3-7-17(16)26-18)25-15-8-9-19-20(12-15)31-23(30-19)10-4-1-5-11-23/h2-3,6-9,12-13H,1,4-5,10-11,14H2,(H,25,27). The number of para-hydroxylation sites is 2. The molecule has 5 rings (SSSR count). The molecule has 1 aliphatic carbocycles. The molecule has 1 aliphatic heterocycles. The van der Waals surface area contributed by atoms with Crippen LogP contribution in [0, 0.1) is 0 Å². The molecule has 1 saturated carbocycles. The third-order valence-electron chi connectivity index (χ3n) is 5.43. The molecule has 1 N–H and O–H groups in total. The summed E-state index contributed by atoms with van der Waals surface area (Å²) in [7, 11) is 0. The third-order valence-corrected chi connectivity index (χ3v) is 5.43. The van der Waals surface area contributed by atoms with Gasteiger partial charge in [0.25, 0.3) is 11.7 Å². The molecule has 2 heterocycles. The number of fused-ring (bicyclic) bond motifs is 2. The third kappa shape index (κ3) is 4.01. The summed E-state index contributed by atoms with van der Waals surface area (Å²) in [6.45, 7) is -0.439. The maximum Gasteiger partial charge on any atom is 0.359 e. The highest BCUT2D eigenvalue weighted by Crippen LogP contribution is 2.46. The van der Waals surface area contributed by atoms with Gasteiger partial charge in [-0.15, -0.1) is 0 Å². The van der Waals surface area contributed by atoms with Crippen molar-refractivity contribution in [3.63, 3.8) is 0 Å². The van der Waals surface area contributed by atoms with Crippen molar-refractivity contribution in [2.24, 2.45) is 0 Å². The summed E-state index contributed by atoms with van der Waals surface area (Å²) >= 11 is 0. The first-order chi connectivity index (χ1) is 15.1. The molecule has 31 heavy (non-hydrogen) atoms. The zero-order chi connectivity index (χ0) is 21.3. The second-order valence-corrected chi connectivity index (χ2v) is 7.71. The van der Waals surface area contributed by atoms with E-state index in [-0.39, 0.29) is 5.69 Å². The highest BCUT2D eigenvalue weighted by molar-refractivity contribution is 5.95. The Morgan fingerprint density at radius 3 is 2.61 bits per heavy atom. The normalized spacial score (nSPS) is 16.3. The Labute approximate surface area is 178 Å². The van der Waals surface area contributed by atoms with Crippen LogP contribution in [0.4, 0.5) is 5.69 Å². The smallest absolute Gasteiger partial charge is 0.359 e. The van der Waals surface area contributed by atoms with Crippen LogP contribution in [0.2, 0.25) is 0 Å². The Morgan fingerprint density at radius 2 is 1.77 bits per heavy atom. The van der Waals surface area contributed by atoms with E-state index < -0.39 is 24.3 Å². The number of rotatable bonds is 4. The monoisotopic (exact) mass is 419 g/mol. The van der Waals surface area contributed by atoms with E-state index in [0.29, 0.717) is 28.2 Å². The molecule has 1 amide bonds. The maximum atomic E-state index is 12.3. The number of carbonyl (C=O) groups is 2. The van der Waals surface area contributed by atoms with Crippen molar-refractivity contribution >= 4 is 28.6 Å². The van der Waals surface area contributed by atoms with Gasteiger partial charge in [-0.1, -0.05) is 18.6 Å². The van der Waals surface area contributed by atoms with Crippen molar-refractivity contribution in [1.82, 2.24) is 9.97 Å². The number of amides is 1. The van der Waals surface area contributed by atoms with Crippen molar-refractivity contribution in [2.45, 2.75) is 37.9 Å². The van der Waals surface area contributed by atoms with Crippen LogP contribution in [-0.4, -0.2) is 34.2 Å². The summed E-state index contributed by atoms with van der Waals surface area (Å²) in [6.07, 6.45) is 6.39. The van der Waals surface area contributed by atoms with Crippen LogP contribution in [0.15, 0.2) is 48.7 Å². The first-order valence-electron chi connectivity index (χ1n) is 10.3. The van der Waals surface area contributed by atoms with E-state index >= 15 is 0 Å². The Kier molecular flexibility index (Phi) is 4.89. The van der Waals surface area contributed by atoms with Crippen molar-refractivity contribution in [3.05, 3.63) is 54.4 Å². The van der Waals surface area contributed by atoms with Crippen LogP contribution >= 0.6 is 0 Å².